The van der Waals surface area contributed by atoms with Crippen LogP contribution in [0.25, 0.3) is 0 Å². The molecule has 0 spiro atoms. The molecule has 0 unspecified atom stereocenters. The van der Waals surface area contributed by atoms with Crippen LogP contribution in [-0.4, -0.2) is 25.8 Å². The van der Waals surface area contributed by atoms with Gasteiger partial charge in [-0.15, -0.1) is 0 Å². The third kappa shape index (κ3) is 16.2. The lowest BCUT2D eigenvalue weighted by Gasteiger charge is -2.09. The normalized spacial score (nSPS) is 8.67. The van der Waals surface area contributed by atoms with E-state index >= 15 is 0 Å². The SMILES string of the molecule is C=CC=O.CCOC(C)OCC. The zero-order chi connectivity index (χ0) is 9.82. The lowest BCUT2D eigenvalue weighted by Crippen LogP contribution is -2.11. The maximum absolute atomic E-state index is 9.06. The van der Waals surface area contributed by atoms with Gasteiger partial charge in [0, 0.05) is 13.2 Å². The van der Waals surface area contributed by atoms with E-state index in [4.69, 9.17) is 14.3 Å². The lowest BCUT2D eigenvalue weighted by molar-refractivity contribution is -0.123. The van der Waals surface area contributed by atoms with Gasteiger partial charge < -0.3 is 9.47 Å². The van der Waals surface area contributed by atoms with E-state index in [1.54, 1.807) is 0 Å². The Morgan fingerprint density at radius 3 is 1.83 bits per heavy atom. The second kappa shape index (κ2) is 13.0. The molecule has 0 N–H and O–H groups in total. The van der Waals surface area contributed by atoms with Crippen molar-refractivity contribution in [3.05, 3.63) is 12.7 Å². The fourth-order valence-corrected chi connectivity index (χ4v) is 0.518. The summed E-state index contributed by atoms with van der Waals surface area (Å²) in [6.45, 7) is 10.4. The van der Waals surface area contributed by atoms with Crippen LogP contribution in [0, 0.1) is 0 Å². The van der Waals surface area contributed by atoms with Gasteiger partial charge >= 0.3 is 0 Å². The molecule has 0 saturated carbocycles. The molecule has 0 bridgehead atoms. The summed E-state index contributed by atoms with van der Waals surface area (Å²) >= 11 is 0. The van der Waals surface area contributed by atoms with E-state index in [0.29, 0.717) is 6.29 Å². The molecular weight excluding hydrogens is 156 g/mol. The summed E-state index contributed by atoms with van der Waals surface area (Å²) in [5, 5.41) is 0. The summed E-state index contributed by atoms with van der Waals surface area (Å²) in [6.07, 6.45) is 1.80. The highest BCUT2D eigenvalue weighted by atomic mass is 16.7. The molecular formula is C9H18O3. The number of carbonyl (C=O) groups is 1. The molecule has 0 aromatic heterocycles. The number of allylic oxidation sites excluding steroid dienone is 1. The summed E-state index contributed by atoms with van der Waals surface area (Å²) in [4.78, 5) is 9.06. The molecule has 0 heterocycles. The van der Waals surface area contributed by atoms with Gasteiger partial charge in [-0.2, -0.15) is 0 Å². The van der Waals surface area contributed by atoms with Crippen molar-refractivity contribution < 1.29 is 14.3 Å². The zero-order valence-electron chi connectivity index (χ0n) is 8.08. The first kappa shape index (κ1) is 13.9. The standard InChI is InChI=1S/C6H14O2.C3H4O/c1-4-7-6(3)8-5-2;1-2-3-4/h6H,4-5H2,1-3H3;2-3H,1H2. The van der Waals surface area contributed by atoms with Gasteiger partial charge in [-0.3, -0.25) is 4.79 Å². The van der Waals surface area contributed by atoms with Crippen LogP contribution in [0.15, 0.2) is 12.7 Å². The van der Waals surface area contributed by atoms with Crippen LogP contribution in [0.1, 0.15) is 20.8 Å². The van der Waals surface area contributed by atoms with E-state index in [2.05, 4.69) is 6.58 Å². The van der Waals surface area contributed by atoms with Gasteiger partial charge in [0.15, 0.2) is 6.29 Å². The van der Waals surface area contributed by atoms with E-state index < -0.39 is 0 Å². The predicted molar refractivity (Wildman–Crippen MR) is 49.0 cm³/mol. The minimum atomic E-state index is -0.0370. The van der Waals surface area contributed by atoms with Crippen LogP contribution in [0.2, 0.25) is 0 Å². The molecule has 72 valence electrons. The van der Waals surface area contributed by atoms with E-state index in [0.717, 1.165) is 13.2 Å². The van der Waals surface area contributed by atoms with Crippen LogP contribution >= 0.6 is 0 Å². The van der Waals surface area contributed by atoms with Crippen LogP contribution in [0.5, 0.6) is 0 Å². The van der Waals surface area contributed by atoms with Crippen molar-refractivity contribution in [2.75, 3.05) is 13.2 Å². The smallest absolute Gasteiger partial charge is 0.154 e. The number of ether oxygens (including phenoxy) is 2. The van der Waals surface area contributed by atoms with Crippen molar-refractivity contribution in [2.45, 2.75) is 27.1 Å². The van der Waals surface area contributed by atoms with Crippen LogP contribution in [-0.2, 0) is 14.3 Å². The summed E-state index contributed by atoms with van der Waals surface area (Å²) in [5.74, 6) is 0. The van der Waals surface area contributed by atoms with Gasteiger partial charge in [0.1, 0.15) is 6.29 Å². The molecule has 0 aliphatic heterocycles. The summed E-state index contributed by atoms with van der Waals surface area (Å²) < 4.78 is 10.1. The van der Waals surface area contributed by atoms with Crippen molar-refractivity contribution in [3.63, 3.8) is 0 Å². The monoisotopic (exact) mass is 174 g/mol. The molecule has 0 radical (unpaired) electrons. The van der Waals surface area contributed by atoms with Crippen molar-refractivity contribution >= 4 is 6.29 Å². The van der Waals surface area contributed by atoms with Crippen molar-refractivity contribution in [2.24, 2.45) is 0 Å². The Morgan fingerprint density at radius 1 is 1.33 bits per heavy atom. The molecule has 0 aromatic carbocycles. The molecule has 0 aliphatic rings. The molecule has 12 heavy (non-hydrogen) atoms. The fourth-order valence-electron chi connectivity index (χ4n) is 0.518. The number of hydrogen-bond donors (Lipinski definition) is 0. The Labute approximate surface area is 74.4 Å². The minimum Gasteiger partial charge on any atom is -0.353 e. The van der Waals surface area contributed by atoms with Crippen LogP contribution in [0.4, 0.5) is 0 Å². The summed E-state index contributed by atoms with van der Waals surface area (Å²) in [5.41, 5.74) is 0. The van der Waals surface area contributed by atoms with Gasteiger partial charge in [-0.1, -0.05) is 6.58 Å². The molecule has 0 rings (SSSR count). The Kier molecular flexibility index (Phi) is 15.0. The van der Waals surface area contributed by atoms with E-state index in [9.17, 15) is 0 Å². The fraction of sp³-hybridized carbons (Fsp3) is 0.667. The highest BCUT2D eigenvalue weighted by Crippen LogP contribution is 1.90. The zero-order valence-corrected chi connectivity index (χ0v) is 8.08. The minimum absolute atomic E-state index is 0.0370. The maximum Gasteiger partial charge on any atom is 0.154 e. The number of carbonyl (C=O) groups excluding carboxylic acids is 1. The number of hydrogen-bond acceptors (Lipinski definition) is 3. The first-order valence-corrected chi connectivity index (χ1v) is 4.02. The predicted octanol–water partition coefficient (Wildman–Crippen LogP) is 1.78. The molecule has 0 saturated heterocycles. The molecule has 0 aromatic rings. The molecule has 0 atom stereocenters. The van der Waals surface area contributed by atoms with Gasteiger partial charge in [0.25, 0.3) is 0 Å². The highest BCUT2D eigenvalue weighted by molar-refractivity contribution is 5.63. The van der Waals surface area contributed by atoms with Gasteiger partial charge in [-0.25, -0.2) is 0 Å². The lowest BCUT2D eigenvalue weighted by atomic mass is 10.7. The second-order valence-corrected chi connectivity index (χ2v) is 1.85. The third-order valence-electron chi connectivity index (χ3n) is 0.899. The molecule has 3 heteroatoms. The third-order valence-corrected chi connectivity index (χ3v) is 0.899. The molecule has 0 amide bonds. The highest BCUT2D eigenvalue weighted by Gasteiger charge is 1.94. The van der Waals surface area contributed by atoms with Gasteiger partial charge in [-0.05, 0) is 26.8 Å². The first-order chi connectivity index (χ1) is 5.72. The summed E-state index contributed by atoms with van der Waals surface area (Å²) in [6, 6.07) is 0. The number of rotatable bonds is 5. The molecule has 3 nitrogen and oxygen atoms in total. The average Bonchev–Trinajstić information content (AvgIpc) is 2.06. The van der Waals surface area contributed by atoms with Crippen LogP contribution < -0.4 is 0 Å². The Morgan fingerprint density at radius 2 is 1.67 bits per heavy atom. The van der Waals surface area contributed by atoms with Crippen molar-refractivity contribution in [3.8, 4) is 0 Å². The van der Waals surface area contributed by atoms with Crippen molar-refractivity contribution in [1.29, 1.82) is 0 Å². The largest absolute Gasteiger partial charge is 0.353 e. The van der Waals surface area contributed by atoms with E-state index in [1.807, 2.05) is 20.8 Å². The van der Waals surface area contributed by atoms with Gasteiger partial charge in [0.05, 0.1) is 0 Å². The molecule has 0 fully saturated rings. The Hall–Kier alpha value is -0.670. The maximum atomic E-state index is 9.06. The first-order valence-electron chi connectivity index (χ1n) is 4.02. The van der Waals surface area contributed by atoms with E-state index in [1.165, 1.54) is 6.08 Å². The Balaban J connectivity index is 0. The van der Waals surface area contributed by atoms with Crippen molar-refractivity contribution in [1.82, 2.24) is 0 Å². The van der Waals surface area contributed by atoms with E-state index in [-0.39, 0.29) is 6.29 Å². The van der Waals surface area contributed by atoms with Gasteiger partial charge in [0.2, 0.25) is 0 Å². The number of aldehydes is 1. The topological polar surface area (TPSA) is 35.5 Å². The average molecular weight is 174 g/mol. The molecule has 0 aliphatic carbocycles. The second-order valence-electron chi connectivity index (χ2n) is 1.85. The Bertz CT molecular complexity index is 89.9. The van der Waals surface area contributed by atoms with Crippen LogP contribution in [0.3, 0.4) is 0 Å². The quantitative estimate of drug-likeness (QED) is 0.362. The summed E-state index contributed by atoms with van der Waals surface area (Å²) in [7, 11) is 0.